The predicted molar refractivity (Wildman–Crippen MR) is 95.9 cm³/mol. The van der Waals surface area contributed by atoms with Crippen molar-refractivity contribution in [3.63, 3.8) is 0 Å². The highest BCUT2D eigenvalue weighted by molar-refractivity contribution is 5.86. The van der Waals surface area contributed by atoms with E-state index in [2.05, 4.69) is 44.0 Å². The van der Waals surface area contributed by atoms with Crippen molar-refractivity contribution in [2.75, 3.05) is 13.2 Å². The number of rotatable bonds is 10. The van der Waals surface area contributed by atoms with E-state index in [-0.39, 0.29) is 30.3 Å². The van der Waals surface area contributed by atoms with Crippen LogP contribution in [-0.2, 0) is 23.9 Å². The Bertz CT molecular complexity index is 451. The van der Waals surface area contributed by atoms with Crippen LogP contribution in [0.3, 0.4) is 0 Å². The number of unbranched alkanes of at least 4 members (excludes halogenated alkanes) is 1. The average molecular weight is 357 g/mol. The number of esters is 2. The number of carboxylic acids is 1. The molecule has 0 amide bonds. The summed E-state index contributed by atoms with van der Waals surface area (Å²) < 4.78 is 9.32. The first-order chi connectivity index (χ1) is 11.5. The summed E-state index contributed by atoms with van der Waals surface area (Å²) in [6.45, 7) is 15.6. The van der Waals surface area contributed by atoms with Crippen LogP contribution >= 0.6 is 0 Å². The topological polar surface area (TPSA) is 102 Å². The van der Waals surface area contributed by atoms with Crippen LogP contribution in [0.4, 0.5) is 0 Å². The van der Waals surface area contributed by atoms with E-state index < -0.39 is 5.97 Å². The van der Waals surface area contributed by atoms with Crippen molar-refractivity contribution in [1.82, 2.24) is 5.32 Å². The van der Waals surface area contributed by atoms with Crippen molar-refractivity contribution < 1.29 is 29.0 Å². The molecular weight excluding hydrogens is 326 g/mol. The van der Waals surface area contributed by atoms with Gasteiger partial charge in [-0.1, -0.05) is 13.2 Å². The molecule has 0 atom stereocenters. The molecule has 0 aromatic rings. The highest BCUT2D eigenvalue weighted by atomic mass is 16.5. The van der Waals surface area contributed by atoms with Crippen LogP contribution in [0.2, 0.25) is 0 Å². The van der Waals surface area contributed by atoms with Crippen molar-refractivity contribution in [2.24, 2.45) is 0 Å². The van der Waals surface area contributed by atoms with Crippen molar-refractivity contribution in [3.8, 4) is 0 Å². The molecule has 0 aromatic heterocycles. The molecule has 0 unspecified atom stereocenters. The molecule has 0 saturated heterocycles. The predicted octanol–water partition coefficient (Wildman–Crippen LogP) is 2.81. The lowest BCUT2D eigenvalue weighted by Crippen LogP contribution is -2.38. The van der Waals surface area contributed by atoms with Crippen LogP contribution in [0, 0.1) is 0 Å². The summed E-state index contributed by atoms with van der Waals surface area (Å²) in [5.41, 5.74) is 0.506. The number of carbonyl (C=O) groups excluding carboxylic acids is 2. The van der Waals surface area contributed by atoms with E-state index in [0.717, 1.165) is 6.26 Å². The number of ether oxygens (including phenoxy) is 2. The van der Waals surface area contributed by atoms with Crippen molar-refractivity contribution in [2.45, 2.75) is 58.9 Å². The number of aliphatic carboxylic acids is 1. The van der Waals surface area contributed by atoms with Crippen LogP contribution < -0.4 is 5.32 Å². The minimum absolute atomic E-state index is 0.0651. The van der Waals surface area contributed by atoms with E-state index >= 15 is 0 Å². The van der Waals surface area contributed by atoms with Gasteiger partial charge in [-0.25, -0.2) is 4.79 Å². The molecule has 25 heavy (non-hydrogen) atoms. The van der Waals surface area contributed by atoms with Gasteiger partial charge < -0.3 is 19.9 Å². The molecule has 7 nitrogen and oxygen atoms in total. The van der Waals surface area contributed by atoms with Gasteiger partial charge >= 0.3 is 17.9 Å². The Balaban J connectivity index is 0. The maximum absolute atomic E-state index is 10.9. The summed E-state index contributed by atoms with van der Waals surface area (Å²) in [6, 6.07) is 0. The zero-order chi connectivity index (χ0) is 19.9. The fourth-order valence-corrected chi connectivity index (χ4v) is 1.39. The van der Waals surface area contributed by atoms with E-state index in [4.69, 9.17) is 9.84 Å². The molecule has 0 aliphatic heterocycles. The van der Waals surface area contributed by atoms with E-state index in [1.807, 2.05) is 0 Å². The van der Waals surface area contributed by atoms with E-state index in [1.54, 1.807) is 6.92 Å². The van der Waals surface area contributed by atoms with Crippen LogP contribution in [0.15, 0.2) is 25.0 Å². The Labute approximate surface area is 150 Å². The Kier molecular flexibility index (Phi) is 14.3. The number of carbonyl (C=O) groups is 3. The molecule has 0 radical (unpaired) electrons. The molecule has 0 aliphatic carbocycles. The summed E-state index contributed by atoms with van der Waals surface area (Å²) in [7, 11) is 0. The maximum atomic E-state index is 10.9. The van der Waals surface area contributed by atoms with Crippen molar-refractivity contribution in [3.05, 3.63) is 25.0 Å². The largest absolute Gasteiger partial charge is 0.481 e. The summed E-state index contributed by atoms with van der Waals surface area (Å²) in [5, 5.41) is 11.5. The highest BCUT2D eigenvalue weighted by Crippen LogP contribution is 2.01. The van der Waals surface area contributed by atoms with Crippen molar-refractivity contribution >= 4 is 17.9 Å². The average Bonchev–Trinajstić information content (AvgIpc) is 2.47. The number of nitrogens with one attached hydrogen (secondary N) is 1. The molecule has 2 N–H and O–H groups in total. The monoisotopic (exact) mass is 357 g/mol. The second-order valence-corrected chi connectivity index (χ2v) is 6.35. The smallest absolute Gasteiger partial charge is 0.333 e. The molecule has 144 valence electrons. The van der Waals surface area contributed by atoms with Gasteiger partial charge in [0, 0.05) is 30.5 Å². The fourth-order valence-electron chi connectivity index (χ4n) is 1.39. The van der Waals surface area contributed by atoms with E-state index in [1.165, 1.54) is 0 Å². The minimum atomic E-state index is -0.841. The van der Waals surface area contributed by atoms with Gasteiger partial charge in [0.05, 0.1) is 6.26 Å². The summed E-state index contributed by atoms with van der Waals surface area (Å²) in [6.07, 6.45) is 2.46. The summed E-state index contributed by atoms with van der Waals surface area (Å²) in [4.78, 5) is 31.6. The Morgan fingerprint density at radius 3 is 2.16 bits per heavy atom. The van der Waals surface area contributed by atoms with Crippen LogP contribution in [0.25, 0.3) is 0 Å². The minimum Gasteiger partial charge on any atom is -0.481 e. The van der Waals surface area contributed by atoms with Gasteiger partial charge in [0.15, 0.2) is 0 Å². The van der Waals surface area contributed by atoms with Crippen LogP contribution in [-0.4, -0.2) is 41.7 Å². The van der Waals surface area contributed by atoms with Crippen molar-refractivity contribution in [1.29, 1.82) is 0 Å². The van der Waals surface area contributed by atoms with Gasteiger partial charge in [0.1, 0.15) is 6.61 Å². The van der Waals surface area contributed by atoms with Crippen LogP contribution in [0.1, 0.15) is 53.4 Å². The van der Waals surface area contributed by atoms with Gasteiger partial charge in [0.25, 0.3) is 0 Å². The molecule has 0 bridgehead atoms. The molecule has 0 aromatic carbocycles. The summed E-state index contributed by atoms with van der Waals surface area (Å²) >= 11 is 0. The molecule has 0 heterocycles. The Morgan fingerprint density at radius 1 is 1.16 bits per heavy atom. The molecule has 0 aliphatic rings. The number of hydrogen-bond acceptors (Lipinski definition) is 6. The lowest BCUT2D eigenvalue weighted by Gasteiger charge is -2.20. The third-order valence-electron chi connectivity index (χ3n) is 2.58. The van der Waals surface area contributed by atoms with Crippen LogP contribution in [0.5, 0.6) is 0 Å². The third kappa shape index (κ3) is 21.9. The zero-order valence-corrected chi connectivity index (χ0v) is 15.7. The molecule has 0 saturated carbocycles. The van der Waals surface area contributed by atoms with Gasteiger partial charge in [-0.3, -0.25) is 9.59 Å². The second-order valence-electron chi connectivity index (χ2n) is 6.35. The Hall–Kier alpha value is -2.15. The molecule has 0 spiro atoms. The van der Waals surface area contributed by atoms with Gasteiger partial charge in [-0.15, -0.1) is 0 Å². The second kappa shape index (κ2) is 14.2. The molecule has 7 heteroatoms. The summed E-state index contributed by atoms with van der Waals surface area (Å²) in [5.74, 6) is -1.53. The first-order valence-corrected chi connectivity index (χ1v) is 8.09. The highest BCUT2D eigenvalue weighted by Gasteiger charge is 2.08. The molecular formula is C18H31NO6. The lowest BCUT2D eigenvalue weighted by molar-refractivity contribution is -0.139. The van der Waals surface area contributed by atoms with E-state index in [9.17, 15) is 14.4 Å². The number of carboxylic acid groups (broad SMARTS) is 1. The van der Waals surface area contributed by atoms with Gasteiger partial charge in [-0.05, 0) is 40.5 Å². The van der Waals surface area contributed by atoms with Gasteiger partial charge in [-0.2, -0.15) is 0 Å². The maximum Gasteiger partial charge on any atom is 0.333 e. The van der Waals surface area contributed by atoms with Gasteiger partial charge in [0.2, 0.25) is 0 Å². The van der Waals surface area contributed by atoms with E-state index in [0.29, 0.717) is 31.6 Å². The fraction of sp³-hybridized carbons (Fsp3) is 0.611. The standard InChI is InChI=1S/C10H19NO2.C8H12O4/c1-8(2)9(12)13-7-6-11-10(3,4)5;1-2-12-8(11)6-4-3-5-7(9)10/h11H,1,6-7H2,2-5H3;2H,1,3-6H2,(H,9,10). The lowest BCUT2D eigenvalue weighted by atomic mass is 10.1. The first kappa shape index (κ1) is 25.1. The normalized spacial score (nSPS) is 10.1. The SMILES string of the molecule is C=C(C)C(=O)OCCNC(C)(C)C.C=COC(=O)CCCCC(=O)O. The quantitative estimate of drug-likeness (QED) is 0.268. The zero-order valence-electron chi connectivity index (χ0n) is 15.7. The molecule has 0 fully saturated rings. The number of hydrogen-bond donors (Lipinski definition) is 2. The molecule has 0 rings (SSSR count). The first-order valence-electron chi connectivity index (χ1n) is 8.09. The Morgan fingerprint density at radius 2 is 1.72 bits per heavy atom. The third-order valence-corrected chi connectivity index (χ3v) is 2.58.